The van der Waals surface area contributed by atoms with Crippen molar-refractivity contribution in [3.05, 3.63) is 64.5 Å². The van der Waals surface area contributed by atoms with E-state index in [0.717, 1.165) is 86.1 Å². The Morgan fingerprint density at radius 3 is 2.77 bits per heavy atom. The number of hydrogen-bond acceptors (Lipinski definition) is 3. The summed E-state index contributed by atoms with van der Waals surface area (Å²) in [6.45, 7) is 2.68. The van der Waals surface area contributed by atoms with Gasteiger partial charge in [0.05, 0.1) is 12.1 Å². The molecule has 5 heteroatoms. The van der Waals surface area contributed by atoms with Crippen molar-refractivity contribution in [2.45, 2.75) is 51.4 Å². The minimum absolute atomic E-state index is 0.169. The molecule has 0 spiro atoms. The molecule has 0 fully saturated rings. The molecular formula is C26H31FN2O2. The maximum absolute atomic E-state index is 13.3. The number of anilines is 1. The maximum atomic E-state index is 13.3. The zero-order chi connectivity index (χ0) is 21.8. The van der Waals surface area contributed by atoms with Gasteiger partial charge in [-0.1, -0.05) is 18.6 Å². The van der Waals surface area contributed by atoms with Crippen molar-refractivity contribution in [2.75, 3.05) is 31.6 Å². The smallest absolute Gasteiger partial charge is 0.231 e. The number of Topliss-reactive ketones (excluding diaryl/α,β-unsaturated/α-hetero) is 1. The Bertz CT molecular complexity index is 972. The molecule has 0 radical (unpaired) electrons. The second kappa shape index (κ2) is 9.73. The number of hydrogen-bond donors (Lipinski definition) is 0. The Balaban J connectivity index is 1.19. The fourth-order valence-electron chi connectivity index (χ4n) is 4.75. The molecule has 2 aromatic rings. The van der Waals surface area contributed by atoms with Gasteiger partial charge in [-0.25, -0.2) is 4.39 Å². The van der Waals surface area contributed by atoms with Gasteiger partial charge < -0.3 is 9.80 Å². The summed E-state index contributed by atoms with van der Waals surface area (Å²) < 4.78 is 13.3. The topological polar surface area (TPSA) is 40.6 Å². The highest BCUT2D eigenvalue weighted by Gasteiger charge is 2.32. The van der Waals surface area contributed by atoms with Crippen LogP contribution in [0.3, 0.4) is 0 Å². The Morgan fingerprint density at radius 2 is 1.94 bits per heavy atom. The fraction of sp³-hybridized carbons (Fsp3) is 0.462. The van der Waals surface area contributed by atoms with Crippen molar-refractivity contribution in [3.63, 3.8) is 0 Å². The van der Waals surface area contributed by atoms with Gasteiger partial charge in [0, 0.05) is 25.1 Å². The molecular weight excluding hydrogens is 391 g/mol. The van der Waals surface area contributed by atoms with Crippen molar-refractivity contribution in [2.24, 2.45) is 0 Å². The van der Waals surface area contributed by atoms with Gasteiger partial charge in [0.25, 0.3) is 0 Å². The standard InChI is InChI=1S/C26H31FN2O2/c1-28(14-11-19-7-5-9-23(27)15-19)12-4-2-3-10-24(30)21-16-20-8-6-13-29-25(31)18-22(17-21)26(20)29/h5,7,9,15-17H,2-4,6,8,10-14,18H2,1H3. The van der Waals surface area contributed by atoms with Crippen LogP contribution in [0.15, 0.2) is 36.4 Å². The summed E-state index contributed by atoms with van der Waals surface area (Å²) in [7, 11) is 2.09. The van der Waals surface area contributed by atoms with Crippen molar-refractivity contribution in [1.29, 1.82) is 0 Å². The van der Waals surface area contributed by atoms with Crippen molar-refractivity contribution >= 4 is 17.4 Å². The minimum Gasteiger partial charge on any atom is -0.312 e. The van der Waals surface area contributed by atoms with E-state index in [1.54, 1.807) is 12.1 Å². The van der Waals surface area contributed by atoms with Gasteiger partial charge in [-0.2, -0.15) is 0 Å². The first-order valence-corrected chi connectivity index (χ1v) is 11.4. The van der Waals surface area contributed by atoms with Crippen LogP contribution >= 0.6 is 0 Å². The van der Waals surface area contributed by atoms with Crippen molar-refractivity contribution < 1.29 is 14.0 Å². The van der Waals surface area contributed by atoms with E-state index < -0.39 is 0 Å². The molecule has 2 heterocycles. The summed E-state index contributed by atoms with van der Waals surface area (Å²) in [5.74, 6) is 0.179. The van der Waals surface area contributed by atoms with Crippen molar-refractivity contribution in [3.8, 4) is 0 Å². The lowest BCUT2D eigenvalue weighted by atomic mass is 9.94. The number of ketones is 1. The molecule has 2 aromatic carbocycles. The van der Waals surface area contributed by atoms with E-state index in [-0.39, 0.29) is 17.5 Å². The maximum Gasteiger partial charge on any atom is 0.231 e. The molecule has 0 unspecified atom stereocenters. The van der Waals surface area contributed by atoms with E-state index in [2.05, 4.69) is 11.9 Å². The molecule has 0 N–H and O–H groups in total. The van der Waals surface area contributed by atoms with Gasteiger partial charge >= 0.3 is 0 Å². The first kappa shape index (κ1) is 21.7. The lowest BCUT2D eigenvalue weighted by molar-refractivity contribution is -0.117. The van der Waals surface area contributed by atoms with Gasteiger partial charge in [0.1, 0.15) is 5.82 Å². The number of carbonyl (C=O) groups excluding carboxylic acids is 2. The third kappa shape index (κ3) is 5.21. The highest BCUT2D eigenvalue weighted by molar-refractivity contribution is 6.05. The summed E-state index contributed by atoms with van der Waals surface area (Å²) in [5.41, 5.74) is 5.07. The van der Waals surface area contributed by atoms with Crippen molar-refractivity contribution in [1.82, 2.24) is 4.90 Å². The van der Waals surface area contributed by atoms with Gasteiger partial charge in [-0.05, 0) is 86.7 Å². The number of amides is 1. The summed E-state index contributed by atoms with van der Waals surface area (Å²) in [5, 5.41) is 0. The molecule has 164 valence electrons. The molecule has 0 atom stereocenters. The van der Waals surface area contributed by atoms with Crippen LogP contribution in [0.2, 0.25) is 0 Å². The second-order valence-electron chi connectivity index (χ2n) is 8.89. The summed E-state index contributed by atoms with van der Waals surface area (Å²) in [4.78, 5) is 29.1. The third-order valence-corrected chi connectivity index (χ3v) is 6.45. The molecule has 0 saturated heterocycles. The monoisotopic (exact) mass is 422 g/mol. The van der Waals surface area contributed by atoms with E-state index in [4.69, 9.17) is 0 Å². The number of nitrogens with zero attached hydrogens (tertiary/aromatic N) is 2. The SMILES string of the molecule is CN(CCCCCC(=O)c1cc2c3c(c1)CC(=O)N3CCC2)CCc1cccc(F)c1. The van der Waals surface area contributed by atoms with Crippen LogP contribution in [-0.2, 0) is 24.1 Å². The predicted molar refractivity (Wildman–Crippen MR) is 121 cm³/mol. The lowest BCUT2D eigenvalue weighted by Crippen LogP contribution is -2.31. The average Bonchev–Trinajstić information content (AvgIpc) is 3.08. The van der Waals surface area contributed by atoms with E-state index in [9.17, 15) is 14.0 Å². The number of aryl methyl sites for hydroxylation is 1. The largest absolute Gasteiger partial charge is 0.312 e. The molecule has 0 aliphatic carbocycles. The molecule has 31 heavy (non-hydrogen) atoms. The van der Waals surface area contributed by atoms with Crippen LogP contribution in [0.1, 0.15) is 59.2 Å². The van der Waals surface area contributed by atoms with Crippen LogP contribution in [0, 0.1) is 5.82 Å². The van der Waals surface area contributed by atoms with Crippen LogP contribution < -0.4 is 4.90 Å². The summed E-state index contributed by atoms with van der Waals surface area (Å²) in [6.07, 6.45) is 6.71. The number of halogens is 1. The Hall–Kier alpha value is -2.53. The van der Waals surface area contributed by atoms with E-state index in [1.807, 2.05) is 23.1 Å². The Labute approximate surface area is 184 Å². The Morgan fingerprint density at radius 1 is 1.10 bits per heavy atom. The molecule has 1 amide bonds. The summed E-state index contributed by atoms with van der Waals surface area (Å²) >= 11 is 0. The highest BCUT2D eigenvalue weighted by atomic mass is 19.1. The molecule has 2 aliphatic heterocycles. The van der Waals surface area contributed by atoms with Crippen LogP contribution in [0.4, 0.5) is 10.1 Å². The average molecular weight is 423 g/mol. The number of carbonyl (C=O) groups is 2. The van der Waals surface area contributed by atoms with Gasteiger partial charge in [0.15, 0.2) is 5.78 Å². The molecule has 4 rings (SSSR count). The molecule has 0 saturated carbocycles. The van der Waals surface area contributed by atoms with Crippen LogP contribution in [0.5, 0.6) is 0 Å². The zero-order valence-electron chi connectivity index (χ0n) is 18.3. The number of rotatable bonds is 10. The number of benzene rings is 2. The predicted octanol–water partition coefficient (Wildman–Crippen LogP) is 4.58. The quantitative estimate of drug-likeness (QED) is 0.416. The third-order valence-electron chi connectivity index (χ3n) is 6.45. The first-order valence-electron chi connectivity index (χ1n) is 11.4. The normalized spacial score (nSPS) is 14.9. The molecule has 0 aromatic heterocycles. The van der Waals surface area contributed by atoms with Crippen LogP contribution in [0.25, 0.3) is 0 Å². The van der Waals surface area contributed by atoms with E-state index in [0.29, 0.717) is 12.8 Å². The van der Waals surface area contributed by atoms with Crippen LogP contribution in [-0.4, -0.2) is 43.3 Å². The van der Waals surface area contributed by atoms with Gasteiger partial charge in [0.2, 0.25) is 5.91 Å². The van der Waals surface area contributed by atoms with Gasteiger partial charge in [-0.15, -0.1) is 0 Å². The molecule has 2 aliphatic rings. The minimum atomic E-state index is -0.179. The first-order chi connectivity index (χ1) is 15.0. The number of likely N-dealkylation sites (N-methyl/N-ethyl adjacent to an activating group) is 1. The summed E-state index contributed by atoms with van der Waals surface area (Å²) in [6, 6.07) is 10.8. The number of unbranched alkanes of at least 4 members (excludes halogenated alkanes) is 2. The van der Waals surface area contributed by atoms with Gasteiger partial charge in [-0.3, -0.25) is 9.59 Å². The molecule has 0 bridgehead atoms. The lowest BCUT2D eigenvalue weighted by Gasteiger charge is -2.25. The zero-order valence-corrected chi connectivity index (χ0v) is 18.3. The van der Waals surface area contributed by atoms with E-state index in [1.165, 1.54) is 6.07 Å². The Kier molecular flexibility index (Phi) is 6.81. The molecule has 4 nitrogen and oxygen atoms in total. The second-order valence-corrected chi connectivity index (χ2v) is 8.89. The van der Waals surface area contributed by atoms with E-state index >= 15 is 0 Å². The highest BCUT2D eigenvalue weighted by Crippen LogP contribution is 2.37. The fourth-order valence-corrected chi connectivity index (χ4v) is 4.75.